The summed E-state index contributed by atoms with van der Waals surface area (Å²) in [7, 11) is 0. The Balaban J connectivity index is 1.88. The molecule has 0 aliphatic rings. The van der Waals surface area contributed by atoms with Crippen LogP contribution in [0.1, 0.15) is 25.8 Å². The van der Waals surface area contributed by atoms with Crippen molar-refractivity contribution >= 4 is 0 Å². The van der Waals surface area contributed by atoms with E-state index in [2.05, 4.69) is 48.4 Å². The van der Waals surface area contributed by atoms with E-state index in [1.54, 1.807) is 6.20 Å². The summed E-state index contributed by atoms with van der Waals surface area (Å²) < 4.78 is 2.01. The van der Waals surface area contributed by atoms with Gasteiger partial charge in [0.25, 0.3) is 0 Å². The van der Waals surface area contributed by atoms with E-state index >= 15 is 0 Å². The average molecular weight is 243 g/mol. The quantitative estimate of drug-likeness (QED) is 0.845. The molecular formula is C15H21N3. The maximum absolute atomic E-state index is 4.05. The lowest BCUT2D eigenvalue weighted by Crippen LogP contribution is -2.20. The van der Waals surface area contributed by atoms with Crippen LogP contribution in [0.15, 0.2) is 43.0 Å². The number of hydrogen-bond donors (Lipinski definition) is 1. The first kappa shape index (κ1) is 12.8. The minimum absolute atomic E-state index is 0.746. The molecule has 1 N–H and O–H groups in total. The minimum atomic E-state index is 0.746. The van der Waals surface area contributed by atoms with Crippen molar-refractivity contribution in [3.63, 3.8) is 0 Å². The highest BCUT2D eigenvalue weighted by Crippen LogP contribution is 2.09. The second-order valence-corrected chi connectivity index (χ2v) is 4.78. The molecule has 96 valence electrons. The van der Waals surface area contributed by atoms with Crippen molar-refractivity contribution in [3.05, 3.63) is 48.5 Å². The van der Waals surface area contributed by atoms with Gasteiger partial charge in [0.15, 0.2) is 0 Å². The number of aromatic nitrogens is 2. The molecular weight excluding hydrogens is 222 g/mol. The lowest BCUT2D eigenvalue weighted by molar-refractivity contribution is 0.500. The monoisotopic (exact) mass is 243 g/mol. The summed E-state index contributed by atoms with van der Waals surface area (Å²) in [6, 6.07) is 8.59. The zero-order valence-corrected chi connectivity index (χ0v) is 11.1. The third-order valence-electron chi connectivity index (χ3n) is 3.26. The molecule has 0 aliphatic carbocycles. The number of imidazole rings is 1. The molecule has 0 amide bonds. The van der Waals surface area contributed by atoms with Crippen molar-refractivity contribution in [2.24, 2.45) is 5.92 Å². The van der Waals surface area contributed by atoms with Gasteiger partial charge in [-0.05, 0) is 30.2 Å². The Morgan fingerprint density at radius 2 is 2.06 bits per heavy atom. The van der Waals surface area contributed by atoms with Crippen LogP contribution < -0.4 is 5.32 Å². The molecule has 0 saturated heterocycles. The number of nitrogens with one attached hydrogen (secondary N) is 1. The Hall–Kier alpha value is -1.61. The largest absolute Gasteiger partial charge is 0.312 e. The van der Waals surface area contributed by atoms with Gasteiger partial charge in [0.1, 0.15) is 0 Å². The average Bonchev–Trinajstić information content (AvgIpc) is 2.93. The van der Waals surface area contributed by atoms with Gasteiger partial charge in [0.2, 0.25) is 0 Å². The van der Waals surface area contributed by atoms with Gasteiger partial charge < -0.3 is 9.88 Å². The fourth-order valence-electron chi connectivity index (χ4n) is 1.81. The number of benzene rings is 1. The Morgan fingerprint density at radius 1 is 1.28 bits per heavy atom. The summed E-state index contributed by atoms with van der Waals surface area (Å²) in [6.45, 7) is 6.52. The minimum Gasteiger partial charge on any atom is -0.312 e. The highest BCUT2D eigenvalue weighted by molar-refractivity contribution is 5.34. The number of hydrogen-bond acceptors (Lipinski definition) is 2. The van der Waals surface area contributed by atoms with E-state index < -0.39 is 0 Å². The molecule has 2 rings (SSSR count). The van der Waals surface area contributed by atoms with Crippen LogP contribution in [-0.4, -0.2) is 16.1 Å². The first-order valence-corrected chi connectivity index (χ1v) is 6.57. The van der Waals surface area contributed by atoms with Gasteiger partial charge in [-0.3, -0.25) is 0 Å². The highest BCUT2D eigenvalue weighted by Gasteiger charge is 1.99. The predicted octanol–water partition coefficient (Wildman–Crippen LogP) is 3.01. The molecule has 1 aromatic carbocycles. The van der Waals surface area contributed by atoms with E-state index in [1.807, 2.05) is 17.1 Å². The Labute approximate surface area is 109 Å². The summed E-state index contributed by atoms with van der Waals surface area (Å²) in [6.07, 6.45) is 6.79. The Morgan fingerprint density at radius 3 is 2.67 bits per heavy atom. The molecule has 1 heterocycles. The first-order chi connectivity index (χ1) is 8.79. The smallest absolute Gasteiger partial charge is 0.0991 e. The van der Waals surface area contributed by atoms with Crippen molar-refractivity contribution < 1.29 is 0 Å². The van der Waals surface area contributed by atoms with Crippen LogP contribution in [0.2, 0.25) is 0 Å². The first-order valence-electron chi connectivity index (χ1n) is 6.57. The Kier molecular flexibility index (Phi) is 4.53. The van der Waals surface area contributed by atoms with Gasteiger partial charge >= 0.3 is 0 Å². The SMILES string of the molecule is CCC(C)CNCc1ccc(-n2ccnc2)cc1. The topological polar surface area (TPSA) is 29.9 Å². The molecule has 2 aromatic rings. The maximum atomic E-state index is 4.05. The summed E-state index contributed by atoms with van der Waals surface area (Å²) in [5.41, 5.74) is 2.47. The van der Waals surface area contributed by atoms with E-state index in [9.17, 15) is 0 Å². The van der Waals surface area contributed by atoms with E-state index in [4.69, 9.17) is 0 Å². The van der Waals surface area contributed by atoms with E-state index in [0.717, 1.165) is 24.7 Å². The molecule has 1 aromatic heterocycles. The van der Waals surface area contributed by atoms with E-state index in [-0.39, 0.29) is 0 Å². The number of rotatable bonds is 6. The Bertz CT molecular complexity index is 445. The zero-order chi connectivity index (χ0) is 12.8. The third-order valence-corrected chi connectivity index (χ3v) is 3.26. The van der Waals surface area contributed by atoms with Crippen LogP contribution in [0.25, 0.3) is 5.69 Å². The lowest BCUT2D eigenvalue weighted by atomic mass is 10.1. The van der Waals surface area contributed by atoms with Crippen LogP contribution >= 0.6 is 0 Å². The maximum Gasteiger partial charge on any atom is 0.0991 e. The van der Waals surface area contributed by atoms with Gasteiger partial charge in [-0.15, -0.1) is 0 Å². The summed E-state index contributed by atoms with van der Waals surface area (Å²) in [5, 5.41) is 3.49. The van der Waals surface area contributed by atoms with Crippen molar-refractivity contribution in [2.45, 2.75) is 26.8 Å². The van der Waals surface area contributed by atoms with Gasteiger partial charge in [0.05, 0.1) is 6.33 Å². The molecule has 0 bridgehead atoms. The van der Waals surface area contributed by atoms with Gasteiger partial charge in [-0.2, -0.15) is 0 Å². The lowest BCUT2D eigenvalue weighted by Gasteiger charge is -2.10. The van der Waals surface area contributed by atoms with Gasteiger partial charge in [-0.1, -0.05) is 32.4 Å². The molecule has 0 spiro atoms. The fraction of sp³-hybridized carbons (Fsp3) is 0.400. The molecule has 1 atom stereocenters. The number of nitrogens with zero attached hydrogens (tertiary/aromatic N) is 2. The van der Waals surface area contributed by atoms with Crippen molar-refractivity contribution in [1.82, 2.24) is 14.9 Å². The fourth-order valence-corrected chi connectivity index (χ4v) is 1.81. The van der Waals surface area contributed by atoms with Crippen molar-refractivity contribution in [2.75, 3.05) is 6.54 Å². The van der Waals surface area contributed by atoms with Crippen molar-refractivity contribution in [1.29, 1.82) is 0 Å². The third kappa shape index (κ3) is 3.44. The van der Waals surface area contributed by atoms with Crippen molar-refractivity contribution in [3.8, 4) is 5.69 Å². The molecule has 18 heavy (non-hydrogen) atoms. The van der Waals surface area contributed by atoms with Crippen LogP contribution in [-0.2, 0) is 6.54 Å². The summed E-state index contributed by atoms with van der Waals surface area (Å²) >= 11 is 0. The molecule has 3 nitrogen and oxygen atoms in total. The summed E-state index contributed by atoms with van der Waals surface area (Å²) in [4.78, 5) is 4.05. The molecule has 0 aliphatic heterocycles. The second kappa shape index (κ2) is 6.36. The van der Waals surface area contributed by atoms with Gasteiger partial charge in [0, 0.05) is 24.6 Å². The van der Waals surface area contributed by atoms with E-state index in [0.29, 0.717) is 0 Å². The zero-order valence-electron chi connectivity index (χ0n) is 11.1. The van der Waals surface area contributed by atoms with E-state index in [1.165, 1.54) is 12.0 Å². The highest BCUT2D eigenvalue weighted by atomic mass is 15.0. The van der Waals surface area contributed by atoms with Crippen LogP contribution in [0.5, 0.6) is 0 Å². The van der Waals surface area contributed by atoms with Gasteiger partial charge in [-0.25, -0.2) is 4.98 Å². The van der Waals surface area contributed by atoms with Crippen LogP contribution in [0.3, 0.4) is 0 Å². The molecule has 0 saturated carbocycles. The molecule has 1 unspecified atom stereocenters. The normalized spacial score (nSPS) is 12.6. The molecule has 3 heteroatoms. The predicted molar refractivity (Wildman–Crippen MR) is 74.7 cm³/mol. The standard InChI is InChI=1S/C15H21N3/c1-3-13(2)10-17-11-14-4-6-15(7-5-14)18-9-8-16-12-18/h4-9,12-13,17H,3,10-11H2,1-2H3. The summed E-state index contributed by atoms with van der Waals surface area (Å²) in [5.74, 6) is 0.746. The molecule has 0 fully saturated rings. The molecule has 0 radical (unpaired) electrons. The van der Waals surface area contributed by atoms with Crippen LogP contribution in [0.4, 0.5) is 0 Å². The second-order valence-electron chi connectivity index (χ2n) is 4.78. The van der Waals surface area contributed by atoms with Crippen LogP contribution in [0, 0.1) is 5.92 Å².